The third kappa shape index (κ3) is 6.08. The summed E-state index contributed by atoms with van der Waals surface area (Å²) < 4.78 is 44.9. The van der Waals surface area contributed by atoms with E-state index in [0.29, 0.717) is 33.3 Å². The van der Waals surface area contributed by atoms with Crippen LogP contribution in [-0.2, 0) is 29.5 Å². The summed E-state index contributed by atoms with van der Waals surface area (Å²) in [6.45, 7) is 6.84. The number of carbonyl (C=O) groups excluding carboxylic acids is 1. The molecule has 0 aliphatic carbocycles. The highest BCUT2D eigenvalue weighted by Gasteiger charge is 2.35. The van der Waals surface area contributed by atoms with Crippen molar-refractivity contribution < 1.29 is 32.3 Å². The summed E-state index contributed by atoms with van der Waals surface area (Å²) in [4.78, 5) is 32.0. The lowest BCUT2D eigenvalue weighted by Gasteiger charge is -2.24. The molecule has 0 radical (unpaired) electrons. The lowest BCUT2D eigenvalue weighted by molar-refractivity contribution is -0.153. The number of hydrogen-bond acceptors (Lipinski definition) is 4. The second-order valence-electron chi connectivity index (χ2n) is 11.3. The number of aromatic nitrogens is 1. The normalized spacial score (nSPS) is 12.0. The number of carbonyl (C=O) groups is 2. The molecular weight excluding hydrogens is 569 g/mol. The van der Waals surface area contributed by atoms with Gasteiger partial charge in [0.1, 0.15) is 5.76 Å². The van der Waals surface area contributed by atoms with Gasteiger partial charge in [0.15, 0.2) is 0 Å². The number of nitrogens with zero attached hydrogens (tertiary/aromatic N) is 2. The number of carboxylic acid groups (broad SMARTS) is 1. The third-order valence-electron chi connectivity index (χ3n) is 7.95. The van der Waals surface area contributed by atoms with E-state index in [1.54, 1.807) is 19.9 Å². The Morgan fingerprint density at radius 1 is 0.864 bits per heavy atom. The molecule has 0 saturated heterocycles. The number of aliphatic carboxylic acids is 1. The van der Waals surface area contributed by atoms with Crippen LogP contribution in [0, 0.1) is 13.8 Å². The molecule has 226 valence electrons. The van der Waals surface area contributed by atoms with Crippen molar-refractivity contribution in [2.24, 2.45) is 0 Å². The van der Waals surface area contributed by atoms with Gasteiger partial charge in [-0.2, -0.15) is 13.2 Å². The first-order valence-electron chi connectivity index (χ1n) is 14.0. The second kappa shape index (κ2) is 11.6. The minimum Gasteiger partial charge on any atom is -0.481 e. The van der Waals surface area contributed by atoms with E-state index in [-0.39, 0.29) is 24.8 Å². The van der Waals surface area contributed by atoms with Gasteiger partial charge >= 0.3 is 12.1 Å². The van der Waals surface area contributed by atoms with E-state index in [1.807, 2.05) is 80.6 Å². The predicted octanol–water partition coefficient (Wildman–Crippen LogP) is 8.34. The Labute approximate surface area is 252 Å². The number of alkyl halides is 3. The van der Waals surface area contributed by atoms with E-state index >= 15 is 0 Å². The van der Waals surface area contributed by atoms with Crippen LogP contribution in [0.15, 0.2) is 89.3 Å². The Kier molecular flexibility index (Phi) is 8.07. The summed E-state index contributed by atoms with van der Waals surface area (Å²) in [7, 11) is 0. The number of amides is 1. The SMILES string of the molecule is Cc1nc2ccccc2c(C(=O)N(Cc2ccc(-c3cccc(C(C)(C)C(=O)O)c3)cc2)Cc2ccc(C(F)(F)F)o2)c1C. The smallest absolute Gasteiger partial charge is 0.449 e. The average molecular weight is 601 g/mol. The minimum absolute atomic E-state index is 0.00731. The number of halogens is 3. The van der Waals surface area contributed by atoms with E-state index in [0.717, 1.165) is 22.8 Å². The maximum Gasteiger partial charge on any atom is 0.449 e. The fourth-order valence-corrected chi connectivity index (χ4v) is 5.10. The Morgan fingerprint density at radius 3 is 2.23 bits per heavy atom. The molecule has 0 saturated carbocycles. The zero-order chi connectivity index (χ0) is 31.8. The molecule has 6 nitrogen and oxygen atoms in total. The Hall–Kier alpha value is -4.92. The van der Waals surface area contributed by atoms with Crippen LogP contribution in [0.5, 0.6) is 0 Å². The summed E-state index contributed by atoms with van der Waals surface area (Å²) in [5.74, 6) is -2.41. The van der Waals surface area contributed by atoms with Crippen LogP contribution < -0.4 is 0 Å². The molecule has 0 bridgehead atoms. The molecule has 0 unspecified atom stereocenters. The van der Waals surface area contributed by atoms with Crippen molar-refractivity contribution in [3.05, 3.63) is 124 Å². The zero-order valence-corrected chi connectivity index (χ0v) is 24.7. The fourth-order valence-electron chi connectivity index (χ4n) is 5.10. The molecule has 0 aliphatic rings. The molecule has 0 aliphatic heterocycles. The quantitative estimate of drug-likeness (QED) is 0.194. The van der Waals surface area contributed by atoms with Crippen molar-refractivity contribution in [3.63, 3.8) is 0 Å². The van der Waals surface area contributed by atoms with Crippen molar-refractivity contribution in [1.82, 2.24) is 9.88 Å². The molecule has 44 heavy (non-hydrogen) atoms. The van der Waals surface area contributed by atoms with E-state index in [4.69, 9.17) is 4.42 Å². The first kappa shape index (κ1) is 30.5. The molecule has 0 spiro atoms. The van der Waals surface area contributed by atoms with E-state index < -0.39 is 23.3 Å². The lowest BCUT2D eigenvalue weighted by atomic mass is 9.83. The Bertz CT molecular complexity index is 1860. The maximum absolute atomic E-state index is 14.2. The zero-order valence-electron chi connectivity index (χ0n) is 24.7. The number of para-hydroxylation sites is 1. The number of rotatable bonds is 8. The molecule has 9 heteroatoms. The average Bonchev–Trinajstić information content (AvgIpc) is 3.47. The summed E-state index contributed by atoms with van der Waals surface area (Å²) in [5, 5.41) is 10.3. The first-order valence-corrected chi connectivity index (χ1v) is 14.0. The van der Waals surface area contributed by atoms with E-state index in [1.165, 1.54) is 11.0 Å². The van der Waals surface area contributed by atoms with Gasteiger partial charge in [0.2, 0.25) is 5.76 Å². The molecule has 5 rings (SSSR count). The van der Waals surface area contributed by atoms with Crippen molar-refractivity contribution in [2.75, 3.05) is 0 Å². The van der Waals surface area contributed by atoms with Gasteiger partial charge in [-0.15, -0.1) is 0 Å². The van der Waals surface area contributed by atoms with Crippen LogP contribution in [0.25, 0.3) is 22.0 Å². The predicted molar refractivity (Wildman–Crippen MR) is 161 cm³/mol. The van der Waals surface area contributed by atoms with Gasteiger partial charge < -0.3 is 14.4 Å². The fraction of sp³-hybridized carbons (Fsp3) is 0.229. The van der Waals surface area contributed by atoms with Gasteiger partial charge in [-0.05, 0) is 73.7 Å². The molecule has 3 aromatic carbocycles. The van der Waals surface area contributed by atoms with Crippen molar-refractivity contribution >= 4 is 22.8 Å². The monoisotopic (exact) mass is 600 g/mol. The topological polar surface area (TPSA) is 83.6 Å². The van der Waals surface area contributed by atoms with Crippen LogP contribution >= 0.6 is 0 Å². The van der Waals surface area contributed by atoms with Crippen LogP contribution in [0.4, 0.5) is 13.2 Å². The first-order chi connectivity index (χ1) is 20.8. The molecule has 1 amide bonds. The van der Waals surface area contributed by atoms with Crippen molar-refractivity contribution in [1.29, 1.82) is 0 Å². The van der Waals surface area contributed by atoms with Gasteiger partial charge in [0.05, 0.1) is 23.0 Å². The third-order valence-corrected chi connectivity index (χ3v) is 7.95. The van der Waals surface area contributed by atoms with E-state index in [2.05, 4.69) is 4.98 Å². The highest BCUT2D eigenvalue weighted by Crippen LogP contribution is 2.33. The Balaban J connectivity index is 1.50. The number of carboxylic acids is 1. The summed E-state index contributed by atoms with van der Waals surface area (Å²) in [6.07, 6.45) is -4.64. The number of hydrogen-bond donors (Lipinski definition) is 1. The van der Waals surface area contributed by atoms with Crippen LogP contribution in [0.1, 0.15) is 58.1 Å². The molecule has 0 fully saturated rings. The largest absolute Gasteiger partial charge is 0.481 e. The van der Waals surface area contributed by atoms with Gasteiger partial charge in [-0.3, -0.25) is 14.6 Å². The minimum atomic E-state index is -4.64. The summed E-state index contributed by atoms with van der Waals surface area (Å²) in [6, 6.07) is 24.1. The van der Waals surface area contributed by atoms with Gasteiger partial charge in [0.25, 0.3) is 5.91 Å². The van der Waals surface area contributed by atoms with Crippen LogP contribution in [-0.4, -0.2) is 26.9 Å². The second-order valence-corrected chi connectivity index (χ2v) is 11.3. The van der Waals surface area contributed by atoms with Crippen LogP contribution in [0.2, 0.25) is 0 Å². The molecule has 1 N–H and O–H groups in total. The standard InChI is InChI=1S/C35H31F3N2O4/c1-21-22(2)39-29-11-6-5-10-28(29)31(21)32(41)40(20-27-16-17-30(44-27)35(36,37)38)19-23-12-14-24(15-13-23)25-8-7-9-26(18-25)34(3,4)33(42)43/h5-18H,19-20H2,1-4H3,(H,42,43). The van der Waals surface area contributed by atoms with Crippen LogP contribution in [0.3, 0.4) is 0 Å². The van der Waals surface area contributed by atoms with Gasteiger partial charge in [-0.1, -0.05) is 66.7 Å². The molecule has 2 heterocycles. The summed E-state index contributed by atoms with van der Waals surface area (Å²) >= 11 is 0. The molecular formula is C35H31F3N2O4. The Morgan fingerprint density at radius 2 is 1.57 bits per heavy atom. The number of pyridine rings is 1. The van der Waals surface area contributed by atoms with E-state index in [9.17, 15) is 27.9 Å². The number of furan rings is 1. The maximum atomic E-state index is 14.2. The van der Waals surface area contributed by atoms with Gasteiger partial charge in [-0.25, -0.2) is 0 Å². The highest BCUT2D eigenvalue weighted by molar-refractivity contribution is 6.07. The molecule has 5 aromatic rings. The molecule has 2 aromatic heterocycles. The number of aryl methyl sites for hydroxylation is 1. The van der Waals surface area contributed by atoms with Gasteiger partial charge in [0, 0.05) is 17.6 Å². The summed E-state index contributed by atoms with van der Waals surface area (Å²) in [5.41, 5.74) is 4.48. The number of fused-ring (bicyclic) bond motifs is 1. The highest BCUT2D eigenvalue weighted by atomic mass is 19.4. The van der Waals surface area contributed by atoms with Crippen molar-refractivity contribution in [3.8, 4) is 11.1 Å². The lowest BCUT2D eigenvalue weighted by Crippen LogP contribution is -2.31. The number of benzene rings is 3. The van der Waals surface area contributed by atoms with Crippen molar-refractivity contribution in [2.45, 2.75) is 52.4 Å². The molecule has 0 atom stereocenters.